The van der Waals surface area contributed by atoms with Crippen molar-refractivity contribution in [1.29, 1.82) is 0 Å². The van der Waals surface area contributed by atoms with E-state index in [1.165, 1.54) is 0 Å². The normalized spacial score (nSPS) is 14.9. The zero-order chi connectivity index (χ0) is 7.98. The summed E-state index contributed by atoms with van der Waals surface area (Å²) >= 11 is 0. The van der Waals surface area contributed by atoms with Crippen LogP contribution in [0.4, 0.5) is 0 Å². The van der Waals surface area contributed by atoms with E-state index < -0.39 is 0 Å². The standard InChI is InChI=1S/C6H16N4/c1-3-4-5(2)9-6(7)10-8/h5H,3-4,8H2,1-2H3,(H3,7,9,10). The van der Waals surface area contributed by atoms with Crippen LogP contribution in [0.3, 0.4) is 0 Å². The summed E-state index contributed by atoms with van der Waals surface area (Å²) in [5.74, 6) is 5.32. The Bertz CT molecular complexity index is 110. The number of hydrogen-bond acceptors (Lipinski definition) is 2. The van der Waals surface area contributed by atoms with Gasteiger partial charge < -0.3 is 5.73 Å². The third kappa shape index (κ3) is 4.14. The van der Waals surface area contributed by atoms with Crippen molar-refractivity contribution in [3.63, 3.8) is 0 Å². The van der Waals surface area contributed by atoms with Crippen molar-refractivity contribution in [3.05, 3.63) is 0 Å². The molecule has 10 heavy (non-hydrogen) atoms. The zero-order valence-electron chi connectivity index (χ0n) is 6.59. The first-order valence-corrected chi connectivity index (χ1v) is 3.50. The predicted octanol–water partition coefficient (Wildman–Crippen LogP) is -0.0470. The molecule has 1 atom stereocenters. The molecule has 0 aromatic heterocycles. The number of nitrogens with zero attached hydrogens (tertiary/aromatic N) is 1. The molecule has 0 heterocycles. The lowest BCUT2D eigenvalue weighted by atomic mass is 10.2. The van der Waals surface area contributed by atoms with E-state index in [9.17, 15) is 0 Å². The molecule has 0 saturated carbocycles. The van der Waals surface area contributed by atoms with E-state index >= 15 is 0 Å². The molecule has 0 aromatic rings. The SMILES string of the molecule is CCCC(C)N=C(N)NN. The number of guanidine groups is 1. The van der Waals surface area contributed by atoms with Crippen LogP contribution < -0.4 is 17.0 Å². The fourth-order valence-corrected chi connectivity index (χ4v) is 0.757. The molecule has 0 rings (SSSR count). The Morgan fingerprint density at radius 2 is 2.30 bits per heavy atom. The van der Waals surface area contributed by atoms with E-state index in [0.717, 1.165) is 12.8 Å². The maximum atomic E-state index is 5.32. The van der Waals surface area contributed by atoms with Crippen LogP contribution in [0.5, 0.6) is 0 Å². The average molecular weight is 144 g/mol. The second-order valence-electron chi connectivity index (χ2n) is 2.30. The van der Waals surface area contributed by atoms with Gasteiger partial charge in [-0.05, 0) is 13.3 Å². The second-order valence-corrected chi connectivity index (χ2v) is 2.30. The molecule has 0 aromatic carbocycles. The van der Waals surface area contributed by atoms with Crippen LogP contribution in [-0.4, -0.2) is 12.0 Å². The Morgan fingerprint density at radius 1 is 1.70 bits per heavy atom. The summed E-state index contributed by atoms with van der Waals surface area (Å²) in [5.41, 5.74) is 7.60. The summed E-state index contributed by atoms with van der Waals surface area (Å²) in [4.78, 5) is 4.04. The van der Waals surface area contributed by atoms with Gasteiger partial charge in [-0.25, -0.2) is 10.8 Å². The van der Waals surface area contributed by atoms with Crippen LogP contribution in [-0.2, 0) is 0 Å². The molecular formula is C6H16N4. The van der Waals surface area contributed by atoms with Gasteiger partial charge in [0, 0.05) is 0 Å². The number of hydrazine groups is 1. The van der Waals surface area contributed by atoms with Gasteiger partial charge in [0.15, 0.2) is 0 Å². The van der Waals surface area contributed by atoms with Crippen molar-refractivity contribution in [2.24, 2.45) is 16.6 Å². The second kappa shape index (κ2) is 5.05. The van der Waals surface area contributed by atoms with E-state index in [0.29, 0.717) is 5.96 Å². The lowest BCUT2D eigenvalue weighted by Crippen LogP contribution is -2.37. The van der Waals surface area contributed by atoms with Gasteiger partial charge in [0.2, 0.25) is 5.96 Å². The fraction of sp³-hybridized carbons (Fsp3) is 0.833. The van der Waals surface area contributed by atoms with Gasteiger partial charge in [0.25, 0.3) is 0 Å². The average Bonchev–Trinajstić information content (AvgIpc) is 1.88. The van der Waals surface area contributed by atoms with Gasteiger partial charge >= 0.3 is 0 Å². The zero-order valence-corrected chi connectivity index (χ0v) is 6.59. The predicted molar refractivity (Wildman–Crippen MR) is 43.3 cm³/mol. The lowest BCUT2D eigenvalue weighted by molar-refractivity contribution is 0.650. The Labute approximate surface area is 61.7 Å². The first-order chi connectivity index (χ1) is 4.70. The Hall–Kier alpha value is -0.770. The van der Waals surface area contributed by atoms with Crippen molar-refractivity contribution in [1.82, 2.24) is 5.43 Å². The summed E-state index contributed by atoms with van der Waals surface area (Å²) in [7, 11) is 0. The highest BCUT2D eigenvalue weighted by molar-refractivity contribution is 5.77. The highest BCUT2D eigenvalue weighted by atomic mass is 15.3. The third-order valence-electron chi connectivity index (χ3n) is 1.21. The molecule has 0 aliphatic heterocycles. The van der Waals surface area contributed by atoms with Gasteiger partial charge in [-0.2, -0.15) is 0 Å². The molecule has 0 radical (unpaired) electrons. The van der Waals surface area contributed by atoms with E-state index in [1.54, 1.807) is 0 Å². The van der Waals surface area contributed by atoms with E-state index in [-0.39, 0.29) is 6.04 Å². The minimum Gasteiger partial charge on any atom is -0.369 e. The van der Waals surface area contributed by atoms with Crippen molar-refractivity contribution in [2.45, 2.75) is 32.7 Å². The number of nitrogens with one attached hydrogen (secondary N) is 1. The Morgan fingerprint density at radius 3 is 2.70 bits per heavy atom. The molecule has 0 fully saturated rings. The Kier molecular flexibility index (Phi) is 4.66. The van der Waals surface area contributed by atoms with Crippen LogP contribution in [0.25, 0.3) is 0 Å². The molecule has 0 bridgehead atoms. The number of aliphatic imine (C=N–C) groups is 1. The van der Waals surface area contributed by atoms with Crippen LogP contribution in [0.15, 0.2) is 4.99 Å². The topological polar surface area (TPSA) is 76.4 Å². The summed E-state index contributed by atoms with van der Waals surface area (Å²) in [6.07, 6.45) is 2.16. The molecule has 4 nitrogen and oxygen atoms in total. The van der Waals surface area contributed by atoms with Gasteiger partial charge in [-0.3, -0.25) is 5.43 Å². The molecule has 0 amide bonds. The highest BCUT2D eigenvalue weighted by Crippen LogP contribution is 1.98. The first-order valence-electron chi connectivity index (χ1n) is 3.50. The Balaban J connectivity index is 3.62. The van der Waals surface area contributed by atoms with E-state index in [2.05, 4.69) is 17.3 Å². The molecule has 5 N–H and O–H groups in total. The molecular weight excluding hydrogens is 128 g/mol. The first kappa shape index (κ1) is 9.23. The molecule has 0 aliphatic carbocycles. The van der Waals surface area contributed by atoms with Crippen molar-refractivity contribution in [2.75, 3.05) is 0 Å². The molecule has 60 valence electrons. The number of hydrogen-bond donors (Lipinski definition) is 3. The van der Waals surface area contributed by atoms with Crippen LogP contribution in [0, 0.1) is 0 Å². The molecule has 1 unspecified atom stereocenters. The summed E-state index contributed by atoms with van der Waals surface area (Å²) in [5, 5.41) is 0. The minimum atomic E-state index is 0.265. The fourth-order valence-electron chi connectivity index (χ4n) is 0.757. The monoisotopic (exact) mass is 144 g/mol. The van der Waals surface area contributed by atoms with Crippen molar-refractivity contribution < 1.29 is 0 Å². The summed E-state index contributed by atoms with van der Waals surface area (Å²) in [6, 6.07) is 0.265. The van der Waals surface area contributed by atoms with E-state index in [4.69, 9.17) is 11.6 Å². The van der Waals surface area contributed by atoms with Crippen LogP contribution >= 0.6 is 0 Å². The maximum absolute atomic E-state index is 5.32. The third-order valence-corrected chi connectivity index (χ3v) is 1.21. The minimum absolute atomic E-state index is 0.265. The maximum Gasteiger partial charge on any atom is 0.203 e. The lowest BCUT2D eigenvalue weighted by Gasteiger charge is -2.04. The molecule has 0 aliphatic rings. The van der Waals surface area contributed by atoms with Crippen LogP contribution in [0.1, 0.15) is 26.7 Å². The van der Waals surface area contributed by atoms with Gasteiger partial charge in [0.05, 0.1) is 6.04 Å². The summed E-state index contributed by atoms with van der Waals surface area (Å²) in [6.45, 7) is 4.12. The quantitative estimate of drug-likeness (QED) is 0.225. The van der Waals surface area contributed by atoms with Gasteiger partial charge in [0.1, 0.15) is 0 Å². The smallest absolute Gasteiger partial charge is 0.203 e. The summed E-state index contributed by atoms with van der Waals surface area (Å²) < 4.78 is 0. The van der Waals surface area contributed by atoms with Crippen LogP contribution in [0.2, 0.25) is 0 Å². The largest absolute Gasteiger partial charge is 0.369 e. The molecule has 0 saturated heterocycles. The molecule has 4 heteroatoms. The number of rotatable bonds is 3. The van der Waals surface area contributed by atoms with Gasteiger partial charge in [-0.1, -0.05) is 13.3 Å². The highest BCUT2D eigenvalue weighted by Gasteiger charge is 1.96. The van der Waals surface area contributed by atoms with E-state index in [1.807, 2.05) is 6.92 Å². The number of nitrogens with two attached hydrogens (primary N) is 2. The molecule has 0 spiro atoms. The van der Waals surface area contributed by atoms with Gasteiger partial charge in [-0.15, -0.1) is 0 Å². The van der Waals surface area contributed by atoms with Crippen molar-refractivity contribution in [3.8, 4) is 0 Å². The van der Waals surface area contributed by atoms with Crippen molar-refractivity contribution >= 4 is 5.96 Å².